The number of nitrogens with two attached hydrogens (primary N) is 2. The molecule has 4 rings (SSSR count). The van der Waals surface area contributed by atoms with Gasteiger partial charge >= 0.3 is 0 Å². The summed E-state index contributed by atoms with van der Waals surface area (Å²) in [6.07, 6.45) is 1.81. The zero-order valence-corrected chi connectivity index (χ0v) is 16.3. The molecular formula is C26H25N3. The molecule has 0 saturated carbocycles. The normalized spacial score (nSPS) is 10.6. The van der Waals surface area contributed by atoms with Crippen molar-refractivity contribution < 1.29 is 0 Å². The highest BCUT2D eigenvalue weighted by Crippen LogP contribution is 2.20. The summed E-state index contributed by atoms with van der Waals surface area (Å²) in [4.78, 5) is 0. The maximum absolute atomic E-state index is 5.75. The van der Waals surface area contributed by atoms with Crippen molar-refractivity contribution in [1.82, 2.24) is 0 Å². The summed E-state index contributed by atoms with van der Waals surface area (Å²) in [6.45, 7) is 0. The zero-order chi connectivity index (χ0) is 20.1. The van der Waals surface area contributed by atoms with Crippen molar-refractivity contribution in [2.24, 2.45) is 0 Å². The molecule has 4 aromatic carbocycles. The highest BCUT2D eigenvalue weighted by molar-refractivity contribution is 5.60. The van der Waals surface area contributed by atoms with Crippen molar-refractivity contribution in [3.05, 3.63) is 119 Å². The zero-order valence-electron chi connectivity index (χ0n) is 16.3. The van der Waals surface area contributed by atoms with Gasteiger partial charge in [-0.3, -0.25) is 0 Å². The molecular weight excluding hydrogens is 354 g/mol. The highest BCUT2D eigenvalue weighted by Gasteiger charge is 2.00. The van der Waals surface area contributed by atoms with Gasteiger partial charge in [0.05, 0.1) is 0 Å². The predicted molar refractivity (Wildman–Crippen MR) is 123 cm³/mol. The SMILES string of the molecule is Nc1ccc(Cc2ccc(Nc3ccc(Cc4ccc(N)cc4)cc3)cc2)cc1. The van der Waals surface area contributed by atoms with E-state index in [1.807, 2.05) is 24.3 Å². The summed E-state index contributed by atoms with van der Waals surface area (Å²) >= 11 is 0. The third kappa shape index (κ3) is 5.17. The van der Waals surface area contributed by atoms with Crippen LogP contribution in [0.4, 0.5) is 22.7 Å². The molecule has 5 N–H and O–H groups in total. The van der Waals surface area contributed by atoms with Crippen LogP contribution < -0.4 is 16.8 Å². The summed E-state index contributed by atoms with van der Waals surface area (Å²) in [7, 11) is 0. The molecule has 3 heteroatoms. The van der Waals surface area contributed by atoms with Crippen LogP contribution in [0.25, 0.3) is 0 Å². The number of anilines is 4. The molecule has 0 amide bonds. The monoisotopic (exact) mass is 379 g/mol. The lowest BCUT2D eigenvalue weighted by Crippen LogP contribution is -1.94. The van der Waals surface area contributed by atoms with Crippen LogP contribution in [0.15, 0.2) is 97.1 Å². The third-order valence-electron chi connectivity index (χ3n) is 4.97. The lowest BCUT2D eigenvalue weighted by Gasteiger charge is -2.09. The molecule has 0 spiro atoms. The molecule has 0 radical (unpaired) electrons. The molecule has 3 nitrogen and oxygen atoms in total. The number of benzene rings is 4. The summed E-state index contributed by atoms with van der Waals surface area (Å²) < 4.78 is 0. The van der Waals surface area contributed by atoms with Gasteiger partial charge < -0.3 is 16.8 Å². The van der Waals surface area contributed by atoms with Gasteiger partial charge in [-0.25, -0.2) is 0 Å². The first kappa shape index (κ1) is 18.6. The quantitative estimate of drug-likeness (QED) is 0.372. The minimum absolute atomic E-state index is 0.799. The number of hydrogen-bond acceptors (Lipinski definition) is 3. The van der Waals surface area contributed by atoms with Gasteiger partial charge in [0, 0.05) is 22.7 Å². The van der Waals surface area contributed by atoms with E-state index in [4.69, 9.17) is 11.5 Å². The Hall–Kier alpha value is -3.72. The Bertz CT molecular complexity index is 960. The average Bonchev–Trinajstić information content (AvgIpc) is 2.74. The predicted octanol–water partition coefficient (Wildman–Crippen LogP) is 5.78. The summed E-state index contributed by atoms with van der Waals surface area (Å²) in [6, 6.07) is 33.2. The molecule has 29 heavy (non-hydrogen) atoms. The van der Waals surface area contributed by atoms with E-state index < -0.39 is 0 Å². The van der Waals surface area contributed by atoms with Gasteiger partial charge in [-0.05, 0) is 83.6 Å². The molecule has 0 aliphatic carbocycles. The molecule has 0 aliphatic heterocycles. The second-order valence-corrected chi connectivity index (χ2v) is 7.36. The van der Waals surface area contributed by atoms with Crippen LogP contribution >= 0.6 is 0 Å². The number of hydrogen-bond donors (Lipinski definition) is 3. The Balaban J connectivity index is 1.36. The second kappa shape index (κ2) is 8.53. The van der Waals surface area contributed by atoms with E-state index >= 15 is 0 Å². The fourth-order valence-corrected chi connectivity index (χ4v) is 3.32. The fourth-order valence-electron chi connectivity index (χ4n) is 3.32. The molecule has 0 atom stereocenters. The first-order chi connectivity index (χ1) is 14.1. The van der Waals surface area contributed by atoms with Crippen LogP contribution in [0.2, 0.25) is 0 Å². The van der Waals surface area contributed by atoms with E-state index in [1.165, 1.54) is 22.3 Å². The third-order valence-corrected chi connectivity index (χ3v) is 4.97. The highest BCUT2D eigenvalue weighted by atomic mass is 14.9. The minimum atomic E-state index is 0.799. The van der Waals surface area contributed by atoms with E-state index in [1.54, 1.807) is 0 Å². The van der Waals surface area contributed by atoms with Gasteiger partial charge in [0.25, 0.3) is 0 Å². The molecule has 4 aromatic rings. The number of rotatable bonds is 6. The van der Waals surface area contributed by atoms with E-state index in [2.05, 4.69) is 78.1 Å². The molecule has 144 valence electrons. The average molecular weight is 380 g/mol. The van der Waals surface area contributed by atoms with Gasteiger partial charge in [0.1, 0.15) is 0 Å². The van der Waals surface area contributed by atoms with Crippen LogP contribution in [-0.2, 0) is 12.8 Å². The Kier molecular flexibility index (Phi) is 5.48. The van der Waals surface area contributed by atoms with Crippen molar-refractivity contribution in [3.63, 3.8) is 0 Å². The Morgan fingerprint density at radius 3 is 1.00 bits per heavy atom. The van der Waals surface area contributed by atoms with Crippen LogP contribution in [0.1, 0.15) is 22.3 Å². The lowest BCUT2D eigenvalue weighted by atomic mass is 10.0. The summed E-state index contributed by atoms with van der Waals surface area (Å²) in [5.41, 5.74) is 20.3. The minimum Gasteiger partial charge on any atom is -0.399 e. The maximum Gasteiger partial charge on any atom is 0.0384 e. The largest absolute Gasteiger partial charge is 0.399 e. The molecule has 0 aromatic heterocycles. The Labute approximate surface area is 172 Å². The van der Waals surface area contributed by atoms with Gasteiger partial charge in [-0.2, -0.15) is 0 Å². The Morgan fingerprint density at radius 1 is 0.414 bits per heavy atom. The smallest absolute Gasteiger partial charge is 0.0384 e. The standard InChI is InChI=1S/C26H25N3/c27-23-9-1-19(2-10-23)17-21-5-13-25(14-6-21)29-26-15-7-22(8-16-26)18-20-3-11-24(28)12-4-20/h1-16,29H,17-18,27-28H2. The van der Waals surface area contributed by atoms with Crippen molar-refractivity contribution in [1.29, 1.82) is 0 Å². The summed E-state index contributed by atoms with van der Waals surface area (Å²) in [5, 5.41) is 3.47. The second-order valence-electron chi connectivity index (χ2n) is 7.36. The van der Waals surface area contributed by atoms with E-state index in [-0.39, 0.29) is 0 Å². The lowest BCUT2D eigenvalue weighted by molar-refractivity contribution is 1.19. The van der Waals surface area contributed by atoms with Crippen LogP contribution in [0.3, 0.4) is 0 Å². The van der Waals surface area contributed by atoms with Crippen LogP contribution in [-0.4, -0.2) is 0 Å². The summed E-state index contributed by atoms with van der Waals surface area (Å²) in [5.74, 6) is 0. The Morgan fingerprint density at radius 2 is 0.690 bits per heavy atom. The van der Waals surface area contributed by atoms with E-state index in [0.717, 1.165) is 35.6 Å². The molecule has 0 fully saturated rings. The van der Waals surface area contributed by atoms with Gasteiger partial charge in [0.2, 0.25) is 0 Å². The number of nitrogens with one attached hydrogen (secondary N) is 1. The van der Waals surface area contributed by atoms with Crippen molar-refractivity contribution in [3.8, 4) is 0 Å². The number of nitrogen functional groups attached to an aromatic ring is 2. The topological polar surface area (TPSA) is 64.1 Å². The molecule has 0 heterocycles. The van der Waals surface area contributed by atoms with Crippen molar-refractivity contribution >= 4 is 22.7 Å². The maximum atomic E-state index is 5.75. The van der Waals surface area contributed by atoms with Crippen LogP contribution in [0, 0.1) is 0 Å². The molecule has 0 unspecified atom stereocenters. The molecule has 0 bridgehead atoms. The molecule has 0 aliphatic rings. The van der Waals surface area contributed by atoms with Gasteiger partial charge in [-0.15, -0.1) is 0 Å². The van der Waals surface area contributed by atoms with Gasteiger partial charge in [-0.1, -0.05) is 48.5 Å². The van der Waals surface area contributed by atoms with Crippen LogP contribution in [0.5, 0.6) is 0 Å². The van der Waals surface area contributed by atoms with E-state index in [0.29, 0.717) is 0 Å². The molecule has 0 saturated heterocycles. The first-order valence-electron chi connectivity index (χ1n) is 9.78. The van der Waals surface area contributed by atoms with Gasteiger partial charge in [0.15, 0.2) is 0 Å². The van der Waals surface area contributed by atoms with Crippen molar-refractivity contribution in [2.75, 3.05) is 16.8 Å². The fraction of sp³-hybridized carbons (Fsp3) is 0.0769. The van der Waals surface area contributed by atoms with E-state index in [9.17, 15) is 0 Å². The van der Waals surface area contributed by atoms with Crippen molar-refractivity contribution in [2.45, 2.75) is 12.8 Å². The first-order valence-corrected chi connectivity index (χ1v) is 9.78.